The van der Waals surface area contributed by atoms with Gasteiger partial charge in [0.25, 0.3) is 0 Å². The number of benzene rings is 1. The lowest BCUT2D eigenvalue weighted by Gasteiger charge is -2.12. The van der Waals surface area contributed by atoms with Gasteiger partial charge in [-0.15, -0.1) is 0 Å². The molecule has 0 bridgehead atoms. The van der Waals surface area contributed by atoms with Gasteiger partial charge in [0.15, 0.2) is 0 Å². The van der Waals surface area contributed by atoms with E-state index in [0.29, 0.717) is 0 Å². The minimum atomic E-state index is 0.901. The lowest BCUT2D eigenvalue weighted by Crippen LogP contribution is -2.18. The molecule has 0 unspecified atom stereocenters. The van der Waals surface area contributed by atoms with Crippen LogP contribution in [-0.2, 0) is 20.0 Å². The van der Waals surface area contributed by atoms with Crippen molar-refractivity contribution in [3.05, 3.63) is 48.0 Å². The molecule has 1 heterocycles. The van der Waals surface area contributed by atoms with Crippen molar-refractivity contribution < 1.29 is 0 Å². The van der Waals surface area contributed by atoms with Crippen LogP contribution in [0.15, 0.2) is 36.7 Å². The van der Waals surface area contributed by atoms with E-state index in [-0.39, 0.29) is 0 Å². The molecule has 2 rings (SSSR count). The van der Waals surface area contributed by atoms with E-state index in [0.717, 1.165) is 25.3 Å². The summed E-state index contributed by atoms with van der Waals surface area (Å²) >= 11 is 0. The molecule has 0 aliphatic rings. The molecule has 1 N–H and O–H groups in total. The highest BCUT2D eigenvalue weighted by Gasteiger charge is 1.99. The van der Waals surface area contributed by atoms with Gasteiger partial charge >= 0.3 is 0 Å². The van der Waals surface area contributed by atoms with Crippen LogP contribution < -0.4 is 10.2 Å². The number of nitrogens with one attached hydrogen (secondary N) is 1. The Morgan fingerprint density at radius 2 is 1.95 bits per heavy atom. The summed E-state index contributed by atoms with van der Waals surface area (Å²) in [7, 11) is 6.14. The second-order valence-electron chi connectivity index (χ2n) is 4.94. The van der Waals surface area contributed by atoms with Crippen molar-refractivity contribution in [1.82, 2.24) is 14.9 Å². The van der Waals surface area contributed by atoms with E-state index >= 15 is 0 Å². The Kier molecular flexibility index (Phi) is 4.58. The Morgan fingerprint density at radius 3 is 2.53 bits per heavy atom. The quantitative estimate of drug-likeness (QED) is 0.802. The molecule has 0 aliphatic carbocycles. The van der Waals surface area contributed by atoms with Crippen molar-refractivity contribution in [2.45, 2.75) is 13.0 Å². The molecule has 4 heteroatoms. The van der Waals surface area contributed by atoms with Gasteiger partial charge in [-0.1, -0.05) is 12.1 Å². The first-order chi connectivity index (χ1) is 9.16. The average molecular weight is 258 g/mol. The molecule has 0 spiro atoms. The molecule has 0 aliphatic heterocycles. The maximum absolute atomic E-state index is 4.31. The third-order valence-electron chi connectivity index (χ3n) is 3.23. The summed E-state index contributed by atoms with van der Waals surface area (Å²) in [5, 5.41) is 3.45. The van der Waals surface area contributed by atoms with Crippen molar-refractivity contribution in [2.75, 3.05) is 25.5 Å². The Morgan fingerprint density at radius 1 is 1.21 bits per heavy atom. The molecule has 2 aromatic rings. The van der Waals surface area contributed by atoms with E-state index in [1.807, 2.05) is 19.4 Å². The monoisotopic (exact) mass is 258 g/mol. The van der Waals surface area contributed by atoms with Crippen LogP contribution in [0.2, 0.25) is 0 Å². The molecule has 0 saturated heterocycles. The van der Waals surface area contributed by atoms with Crippen molar-refractivity contribution in [1.29, 1.82) is 0 Å². The van der Waals surface area contributed by atoms with Gasteiger partial charge in [-0.05, 0) is 17.7 Å². The summed E-state index contributed by atoms with van der Waals surface area (Å²) in [6.07, 6.45) is 4.78. The molecule has 0 radical (unpaired) electrons. The fraction of sp³-hybridized carbons (Fsp3) is 0.400. The van der Waals surface area contributed by atoms with Crippen LogP contribution >= 0.6 is 0 Å². The molecule has 0 saturated carbocycles. The predicted molar refractivity (Wildman–Crippen MR) is 79.4 cm³/mol. The zero-order chi connectivity index (χ0) is 13.7. The summed E-state index contributed by atoms with van der Waals surface area (Å²) in [5.41, 5.74) is 2.54. The van der Waals surface area contributed by atoms with Crippen molar-refractivity contribution in [3.63, 3.8) is 0 Å². The van der Waals surface area contributed by atoms with E-state index in [4.69, 9.17) is 0 Å². The topological polar surface area (TPSA) is 33.1 Å². The molecule has 1 aromatic carbocycles. The molecular formula is C15H22N4. The second kappa shape index (κ2) is 6.38. The molecule has 19 heavy (non-hydrogen) atoms. The van der Waals surface area contributed by atoms with E-state index in [9.17, 15) is 0 Å². The predicted octanol–water partition coefficient (Wildman–Crippen LogP) is 1.82. The van der Waals surface area contributed by atoms with E-state index in [1.165, 1.54) is 11.3 Å². The first-order valence-corrected chi connectivity index (χ1v) is 6.60. The van der Waals surface area contributed by atoms with Crippen molar-refractivity contribution in [2.24, 2.45) is 7.05 Å². The Balaban J connectivity index is 1.75. The highest BCUT2D eigenvalue weighted by molar-refractivity contribution is 5.45. The number of rotatable bonds is 6. The Labute approximate surface area is 115 Å². The van der Waals surface area contributed by atoms with E-state index in [2.05, 4.69) is 58.1 Å². The number of nitrogens with zero attached hydrogens (tertiary/aromatic N) is 3. The van der Waals surface area contributed by atoms with Crippen LogP contribution in [0.25, 0.3) is 0 Å². The van der Waals surface area contributed by atoms with Gasteiger partial charge in [0.1, 0.15) is 5.82 Å². The fourth-order valence-electron chi connectivity index (χ4n) is 1.98. The normalized spacial score (nSPS) is 10.7. The first-order valence-electron chi connectivity index (χ1n) is 6.60. The SMILES string of the molecule is CN(C)c1ccc(CNCCc2nccn2C)cc1. The number of hydrogen-bond donors (Lipinski definition) is 1. The van der Waals surface area contributed by atoms with Gasteiger partial charge in [-0.3, -0.25) is 0 Å². The zero-order valence-electron chi connectivity index (χ0n) is 11.9. The maximum atomic E-state index is 4.31. The summed E-state index contributed by atoms with van der Waals surface area (Å²) in [5.74, 6) is 1.12. The van der Waals surface area contributed by atoms with Crippen LogP contribution in [0.1, 0.15) is 11.4 Å². The maximum Gasteiger partial charge on any atom is 0.109 e. The molecule has 0 amide bonds. The van der Waals surface area contributed by atoms with Gasteiger partial charge in [0, 0.05) is 58.7 Å². The van der Waals surface area contributed by atoms with Crippen LogP contribution in [-0.4, -0.2) is 30.2 Å². The minimum Gasteiger partial charge on any atom is -0.378 e. The van der Waals surface area contributed by atoms with Crippen LogP contribution in [0.5, 0.6) is 0 Å². The third kappa shape index (κ3) is 3.83. The Hall–Kier alpha value is -1.81. The molecule has 102 valence electrons. The average Bonchev–Trinajstić information content (AvgIpc) is 2.81. The number of imidazole rings is 1. The summed E-state index contributed by atoms with van der Waals surface area (Å²) in [6, 6.07) is 8.64. The van der Waals surface area contributed by atoms with Gasteiger partial charge in [0.2, 0.25) is 0 Å². The summed E-state index contributed by atoms with van der Waals surface area (Å²) in [4.78, 5) is 6.42. The highest BCUT2D eigenvalue weighted by atomic mass is 15.1. The fourth-order valence-corrected chi connectivity index (χ4v) is 1.98. The van der Waals surface area contributed by atoms with E-state index in [1.54, 1.807) is 0 Å². The number of aromatic nitrogens is 2. The lowest BCUT2D eigenvalue weighted by atomic mass is 10.2. The van der Waals surface area contributed by atoms with Crippen LogP contribution in [0, 0.1) is 0 Å². The van der Waals surface area contributed by atoms with E-state index < -0.39 is 0 Å². The standard InChI is InChI=1S/C15H22N4/c1-18(2)14-6-4-13(5-7-14)12-16-9-8-15-17-10-11-19(15)3/h4-7,10-11,16H,8-9,12H2,1-3H3. The smallest absolute Gasteiger partial charge is 0.109 e. The number of hydrogen-bond acceptors (Lipinski definition) is 3. The second-order valence-corrected chi connectivity index (χ2v) is 4.94. The summed E-state index contributed by atoms with van der Waals surface area (Å²) < 4.78 is 2.06. The van der Waals surface area contributed by atoms with Gasteiger partial charge in [0.05, 0.1) is 0 Å². The summed E-state index contributed by atoms with van der Waals surface area (Å²) in [6.45, 7) is 1.85. The lowest BCUT2D eigenvalue weighted by molar-refractivity contribution is 0.655. The molecule has 0 atom stereocenters. The number of aryl methyl sites for hydroxylation is 1. The largest absolute Gasteiger partial charge is 0.378 e. The van der Waals surface area contributed by atoms with Gasteiger partial charge < -0.3 is 14.8 Å². The minimum absolute atomic E-state index is 0.901. The zero-order valence-corrected chi connectivity index (χ0v) is 11.9. The van der Waals surface area contributed by atoms with Crippen molar-refractivity contribution >= 4 is 5.69 Å². The molecule has 0 fully saturated rings. The molecule has 1 aromatic heterocycles. The van der Waals surface area contributed by atoms with Gasteiger partial charge in [-0.25, -0.2) is 4.98 Å². The first kappa shape index (κ1) is 13.6. The van der Waals surface area contributed by atoms with Crippen LogP contribution in [0.4, 0.5) is 5.69 Å². The third-order valence-corrected chi connectivity index (χ3v) is 3.23. The molecular weight excluding hydrogens is 236 g/mol. The highest BCUT2D eigenvalue weighted by Crippen LogP contribution is 2.11. The van der Waals surface area contributed by atoms with Crippen molar-refractivity contribution in [3.8, 4) is 0 Å². The Bertz CT molecular complexity index is 499. The van der Waals surface area contributed by atoms with Gasteiger partial charge in [-0.2, -0.15) is 0 Å². The van der Waals surface area contributed by atoms with Crippen LogP contribution in [0.3, 0.4) is 0 Å². The number of anilines is 1. The molecule has 4 nitrogen and oxygen atoms in total.